The summed E-state index contributed by atoms with van der Waals surface area (Å²) in [5.41, 5.74) is -0.515. The van der Waals surface area contributed by atoms with E-state index in [0.717, 1.165) is 35.4 Å². The molecule has 3 amide bonds. The molecule has 43 heavy (non-hydrogen) atoms. The van der Waals surface area contributed by atoms with Gasteiger partial charge in [0.15, 0.2) is 16.6 Å². The minimum Gasteiger partial charge on any atom is -0.375 e. The van der Waals surface area contributed by atoms with Crippen LogP contribution >= 0.6 is 11.6 Å². The zero-order chi connectivity index (χ0) is 30.9. The van der Waals surface area contributed by atoms with Crippen LogP contribution in [0.5, 0.6) is 0 Å². The van der Waals surface area contributed by atoms with E-state index in [-0.39, 0.29) is 27.8 Å². The predicted molar refractivity (Wildman–Crippen MR) is 147 cm³/mol. The van der Waals surface area contributed by atoms with E-state index in [1.54, 1.807) is 6.92 Å². The van der Waals surface area contributed by atoms with Gasteiger partial charge in [0.2, 0.25) is 0 Å². The number of hydrogen-bond donors (Lipinski definition) is 3. The molecule has 0 spiro atoms. The van der Waals surface area contributed by atoms with Gasteiger partial charge >= 0.3 is 12.2 Å². The van der Waals surface area contributed by atoms with Crippen LogP contribution in [0.2, 0.25) is 5.15 Å². The highest BCUT2D eigenvalue weighted by Crippen LogP contribution is 2.35. The highest BCUT2D eigenvalue weighted by atomic mass is 35.5. The Balaban J connectivity index is 1.37. The summed E-state index contributed by atoms with van der Waals surface area (Å²) in [7, 11) is 1.44. The lowest BCUT2D eigenvalue weighted by molar-refractivity contribution is -0.137. The number of urea groups is 1. The summed E-state index contributed by atoms with van der Waals surface area (Å²) in [4.78, 5) is 33.2. The van der Waals surface area contributed by atoms with Crippen molar-refractivity contribution in [2.45, 2.75) is 19.2 Å². The van der Waals surface area contributed by atoms with Gasteiger partial charge in [-0.05, 0) is 31.2 Å². The Morgan fingerprint density at radius 1 is 1.02 bits per heavy atom. The summed E-state index contributed by atoms with van der Waals surface area (Å²) < 4.78 is 63.1. The Bertz CT molecular complexity index is 1840. The van der Waals surface area contributed by atoms with Crippen molar-refractivity contribution in [2.75, 3.05) is 23.1 Å². The number of carbonyl (C=O) groups excluding carboxylic acids is 2. The molecular weight excluding hydrogens is 598 g/mol. The molecule has 0 fully saturated rings. The lowest BCUT2D eigenvalue weighted by Crippen LogP contribution is -2.23. The van der Waals surface area contributed by atoms with Crippen LogP contribution in [0.1, 0.15) is 34.6 Å². The van der Waals surface area contributed by atoms with Crippen molar-refractivity contribution in [3.63, 3.8) is 0 Å². The van der Waals surface area contributed by atoms with E-state index in [2.05, 4.69) is 36.1 Å². The van der Waals surface area contributed by atoms with Crippen molar-refractivity contribution in [3.05, 3.63) is 89.0 Å². The van der Waals surface area contributed by atoms with Gasteiger partial charge < -0.3 is 20.7 Å². The number of aromatic nitrogens is 6. The number of methoxy groups -OCH3 is 1. The summed E-state index contributed by atoms with van der Waals surface area (Å²) >= 11 is 5.98. The van der Waals surface area contributed by atoms with Gasteiger partial charge in [-0.3, -0.25) is 4.79 Å². The molecule has 0 saturated carbocycles. The summed E-state index contributed by atoms with van der Waals surface area (Å²) in [5.74, 6) is -1.94. The normalized spacial score (nSPS) is 12.3. The van der Waals surface area contributed by atoms with Crippen molar-refractivity contribution in [3.8, 4) is 5.82 Å². The van der Waals surface area contributed by atoms with Crippen LogP contribution in [0.3, 0.4) is 0 Å². The smallest absolute Gasteiger partial charge is 0.375 e. The Morgan fingerprint density at radius 2 is 1.81 bits per heavy atom. The van der Waals surface area contributed by atoms with Crippen LogP contribution in [0.15, 0.2) is 61.2 Å². The van der Waals surface area contributed by atoms with Gasteiger partial charge in [0.25, 0.3) is 5.91 Å². The maximum absolute atomic E-state index is 14.0. The fraction of sp³-hybridized carbons (Fsp3) is 0.154. The quantitative estimate of drug-likeness (QED) is 0.198. The molecular formula is C26H20ClF4N9O3. The molecule has 0 radical (unpaired) electrons. The van der Waals surface area contributed by atoms with E-state index in [9.17, 15) is 27.2 Å². The van der Waals surface area contributed by atoms with Gasteiger partial charge in [-0.1, -0.05) is 17.7 Å². The third-order valence-electron chi connectivity index (χ3n) is 6.05. The largest absolute Gasteiger partial charge is 0.420 e. The first-order chi connectivity index (χ1) is 20.4. The molecule has 0 aliphatic carbocycles. The van der Waals surface area contributed by atoms with Crippen LogP contribution in [0.25, 0.3) is 11.5 Å². The zero-order valence-electron chi connectivity index (χ0n) is 22.1. The van der Waals surface area contributed by atoms with Crippen molar-refractivity contribution in [1.82, 2.24) is 29.4 Å². The molecule has 1 aromatic carbocycles. The topological polar surface area (TPSA) is 140 Å². The van der Waals surface area contributed by atoms with E-state index in [0.29, 0.717) is 17.4 Å². The van der Waals surface area contributed by atoms with Crippen molar-refractivity contribution in [2.24, 2.45) is 0 Å². The average molecular weight is 618 g/mol. The number of benzene rings is 1. The fourth-order valence-corrected chi connectivity index (χ4v) is 4.23. The molecule has 17 heteroatoms. The first kappa shape index (κ1) is 29.4. The Kier molecular flexibility index (Phi) is 7.97. The maximum Gasteiger partial charge on any atom is 0.420 e. The molecule has 4 aromatic heterocycles. The van der Waals surface area contributed by atoms with Crippen LogP contribution in [-0.2, 0) is 10.9 Å². The molecule has 5 rings (SSSR count). The summed E-state index contributed by atoms with van der Waals surface area (Å²) in [6, 6.07) is 6.17. The third kappa shape index (κ3) is 6.39. The lowest BCUT2D eigenvalue weighted by Gasteiger charge is -2.17. The highest BCUT2D eigenvalue weighted by molar-refractivity contribution is 6.29. The standard InChI is InChI=1S/C26H20ClF4N9O3/c1-13(43-2)22-19(11-32-21-8-20(27)38-40(21)22)37-25(42)36-16-7-18(26(29,30)31)23(33-9-16)39-12-17(10-34-39)35-24(41)14-4-3-5-15(28)6-14/h3-13H,1-2H3,(H,35,41)(H2,36,37,42)/t13-/m0/s1. The molecule has 0 bridgehead atoms. The van der Waals surface area contributed by atoms with Gasteiger partial charge in [0.1, 0.15) is 11.4 Å². The Hall–Kier alpha value is -5.09. The number of ether oxygens (including phenoxy) is 1. The third-order valence-corrected chi connectivity index (χ3v) is 6.24. The van der Waals surface area contributed by atoms with Gasteiger partial charge in [0, 0.05) is 18.7 Å². The molecule has 0 saturated heterocycles. The molecule has 0 aliphatic heterocycles. The molecule has 3 N–H and O–H groups in total. The monoisotopic (exact) mass is 617 g/mol. The first-order valence-corrected chi connectivity index (χ1v) is 12.6. The van der Waals surface area contributed by atoms with E-state index in [1.165, 1.54) is 36.0 Å². The molecule has 1 atom stereocenters. The number of fused-ring (bicyclic) bond motifs is 1. The maximum atomic E-state index is 14.0. The van der Waals surface area contributed by atoms with Gasteiger partial charge in [-0.25, -0.2) is 28.4 Å². The van der Waals surface area contributed by atoms with E-state index < -0.39 is 41.4 Å². The number of alkyl halides is 3. The van der Waals surface area contributed by atoms with E-state index in [4.69, 9.17) is 16.3 Å². The van der Waals surface area contributed by atoms with E-state index in [1.807, 2.05) is 0 Å². The summed E-state index contributed by atoms with van der Waals surface area (Å²) in [6.45, 7) is 1.69. The molecule has 4 heterocycles. The second-order valence-corrected chi connectivity index (χ2v) is 9.37. The molecule has 12 nitrogen and oxygen atoms in total. The minimum absolute atomic E-state index is 0.00322. The average Bonchev–Trinajstić information content (AvgIpc) is 3.57. The number of nitrogens with one attached hydrogen (secondary N) is 3. The predicted octanol–water partition coefficient (Wildman–Crippen LogP) is 5.73. The number of amides is 3. The van der Waals surface area contributed by atoms with Gasteiger partial charge in [0.05, 0.1) is 53.6 Å². The lowest BCUT2D eigenvalue weighted by atomic mass is 10.2. The highest BCUT2D eigenvalue weighted by Gasteiger charge is 2.36. The van der Waals surface area contributed by atoms with Crippen molar-refractivity contribution < 1.29 is 31.9 Å². The van der Waals surface area contributed by atoms with Crippen LogP contribution in [0, 0.1) is 5.82 Å². The molecule has 222 valence electrons. The second-order valence-electron chi connectivity index (χ2n) is 8.98. The van der Waals surface area contributed by atoms with Crippen molar-refractivity contribution >= 4 is 46.2 Å². The fourth-order valence-electron chi connectivity index (χ4n) is 4.06. The number of carbonyl (C=O) groups is 2. The summed E-state index contributed by atoms with van der Waals surface area (Å²) in [5, 5.41) is 15.4. The second kappa shape index (κ2) is 11.7. The van der Waals surface area contributed by atoms with Gasteiger partial charge in [-0.15, -0.1) is 0 Å². The van der Waals surface area contributed by atoms with Crippen LogP contribution < -0.4 is 16.0 Å². The number of halogens is 5. The van der Waals surface area contributed by atoms with Crippen LogP contribution in [-0.4, -0.2) is 48.4 Å². The molecule has 5 aromatic rings. The SMILES string of the molecule is CO[C@@H](C)c1c(NC(=O)Nc2cnc(-n3cc(NC(=O)c4cccc(F)c4)cn3)c(C(F)(F)F)c2)cnc2cc(Cl)nn12. The van der Waals surface area contributed by atoms with Gasteiger partial charge in [-0.2, -0.15) is 23.4 Å². The first-order valence-electron chi connectivity index (χ1n) is 12.3. The Labute approximate surface area is 244 Å². The number of hydrogen-bond acceptors (Lipinski definition) is 7. The minimum atomic E-state index is -4.90. The molecule has 0 unspecified atom stereocenters. The zero-order valence-corrected chi connectivity index (χ0v) is 22.9. The number of anilines is 3. The number of pyridine rings is 1. The van der Waals surface area contributed by atoms with E-state index >= 15 is 0 Å². The number of rotatable bonds is 7. The Morgan fingerprint density at radius 3 is 2.53 bits per heavy atom. The van der Waals surface area contributed by atoms with Crippen LogP contribution in [0.4, 0.5) is 39.4 Å². The van der Waals surface area contributed by atoms with Crippen molar-refractivity contribution in [1.29, 1.82) is 0 Å². The molecule has 0 aliphatic rings. The summed E-state index contributed by atoms with van der Waals surface area (Å²) in [6.07, 6.45) is -0.922. The number of nitrogens with zero attached hydrogens (tertiary/aromatic N) is 6.